The molecule has 208 valence electrons. The van der Waals surface area contributed by atoms with Crippen LogP contribution in [0.4, 0.5) is 17.3 Å². The van der Waals surface area contributed by atoms with Crippen molar-refractivity contribution in [1.82, 2.24) is 4.90 Å². The number of ether oxygens (including phenoxy) is 3. The molecule has 1 aliphatic rings. The van der Waals surface area contributed by atoms with E-state index in [1.807, 2.05) is 24.3 Å². The quantitative estimate of drug-likeness (QED) is 0.203. The number of fused-ring (bicyclic) bond motifs is 1. The number of morpholine rings is 1. The smallest absolute Gasteiger partial charge is 0.255 e. The largest absolute Gasteiger partial charge is 0.492 e. The fraction of sp³-hybridized carbons (Fsp3) is 0.267. The zero-order valence-electron chi connectivity index (χ0n) is 22.1. The number of furan rings is 1. The Kier molecular flexibility index (Phi) is 8.79. The third-order valence-electron chi connectivity index (χ3n) is 6.60. The van der Waals surface area contributed by atoms with Gasteiger partial charge < -0.3 is 29.7 Å². The van der Waals surface area contributed by atoms with Gasteiger partial charge in [-0.05, 0) is 42.5 Å². The van der Waals surface area contributed by atoms with Gasteiger partial charge in [-0.3, -0.25) is 19.4 Å². The minimum Gasteiger partial charge on any atom is -0.492 e. The molecule has 10 heteroatoms. The van der Waals surface area contributed by atoms with Gasteiger partial charge in [0, 0.05) is 36.7 Å². The lowest BCUT2D eigenvalue weighted by Crippen LogP contribution is -2.38. The van der Waals surface area contributed by atoms with E-state index in [-0.39, 0.29) is 19.1 Å². The summed E-state index contributed by atoms with van der Waals surface area (Å²) in [6, 6.07) is 21.3. The summed E-state index contributed by atoms with van der Waals surface area (Å²) in [6.45, 7) is 5.12. The highest BCUT2D eigenvalue weighted by Crippen LogP contribution is 2.32. The van der Waals surface area contributed by atoms with E-state index >= 15 is 0 Å². The molecule has 3 N–H and O–H groups in total. The lowest BCUT2D eigenvalue weighted by molar-refractivity contribution is -0.107. The SMILES string of the molecule is Nc1ccccc1NC(=O)c1ccc(OCCN(C=O)c2cc3cccc(OCCN4CCOCC4)c3o2)cc1. The molecule has 0 unspecified atom stereocenters. The number of rotatable bonds is 12. The van der Waals surface area contributed by atoms with Crippen LogP contribution in [0.2, 0.25) is 0 Å². The van der Waals surface area contributed by atoms with E-state index in [0.29, 0.717) is 52.9 Å². The number of nitrogens with one attached hydrogen (secondary N) is 1. The van der Waals surface area contributed by atoms with Crippen molar-refractivity contribution in [2.75, 3.05) is 68.6 Å². The average molecular weight is 545 g/mol. The van der Waals surface area contributed by atoms with Crippen LogP contribution in [0.3, 0.4) is 0 Å². The number of hydrogen-bond acceptors (Lipinski definition) is 8. The number of nitrogens with two attached hydrogens (primary N) is 1. The van der Waals surface area contributed by atoms with E-state index < -0.39 is 0 Å². The Balaban J connectivity index is 1.14. The summed E-state index contributed by atoms with van der Waals surface area (Å²) in [6.07, 6.45) is 0.711. The van der Waals surface area contributed by atoms with Gasteiger partial charge in [-0.1, -0.05) is 24.3 Å². The molecule has 4 aromatic rings. The summed E-state index contributed by atoms with van der Waals surface area (Å²) in [5.41, 5.74) is 8.01. The first-order valence-corrected chi connectivity index (χ1v) is 13.2. The van der Waals surface area contributed by atoms with Gasteiger partial charge in [0.1, 0.15) is 19.0 Å². The number of carbonyl (C=O) groups excluding carboxylic acids is 2. The maximum atomic E-state index is 12.5. The number of hydrogen-bond donors (Lipinski definition) is 2. The molecule has 1 aliphatic heterocycles. The number of anilines is 3. The van der Waals surface area contributed by atoms with E-state index in [1.165, 1.54) is 4.90 Å². The molecule has 0 radical (unpaired) electrons. The molecule has 1 saturated heterocycles. The van der Waals surface area contributed by atoms with E-state index in [1.54, 1.807) is 48.5 Å². The van der Waals surface area contributed by atoms with Crippen LogP contribution in [0.15, 0.2) is 77.2 Å². The van der Waals surface area contributed by atoms with Crippen molar-refractivity contribution in [3.8, 4) is 11.5 Å². The minimum absolute atomic E-state index is 0.227. The predicted molar refractivity (Wildman–Crippen MR) is 153 cm³/mol. The monoisotopic (exact) mass is 544 g/mol. The van der Waals surface area contributed by atoms with Gasteiger partial charge in [0.2, 0.25) is 12.3 Å². The zero-order chi connectivity index (χ0) is 27.7. The minimum atomic E-state index is -0.272. The average Bonchev–Trinajstić information content (AvgIpc) is 3.42. The maximum Gasteiger partial charge on any atom is 0.255 e. The van der Waals surface area contributed by atoms with Gasteiger partial charge in [0.05, 0.1) is 31.1 Å². The molecule has 0 saturated carbocycles. The number of carbonyl (C=O) groups is 2. The van der Waals surface area contributed by atoms with Crippen LogP contribution in [0.5, 0.6) is 11.5 Å². The second kappa shape index (κ2) is 13.0. The molecule has 10 nitrogen and oxygen atoms in total. The Morgan fingerprint density at radius 2 is 1.80 bits per heavy atom. The summed E-state index contributed by atoms with van der Waals surface area (Å²) < 4.78 is 23.2. The molecular formula is C30H32N4O6. The summed E-state index contributed by atoms with van der Waals surface area (Å²) in [4.78, 5) is 28.1. The van der Waals surface area contributed by atoms with E-state index in [0.717, 1.165) is 38.2 Å². The van der Waals surface area contributed by atoms with Gasteiger partial charge in [-0.15, -0.1) is 0 Å². The van der Waals surface area contributed by atoms with Gasteiger partial charge >= 0.3 is 0 Å². The molecule has 1 fully saturated rings. The fourth-order valence-corrected chi connectivity index (χ4v) is 4.37. The van der Waals surface area contributed by atoms with Crippen molar-refractivity contribution in [2.24, 2.45) is 0 Å². The molecule has 0 bridgehead atoms. The lowest BCUT2D eigenvalue weighted by Gasteiger charge is -2.26. The molecule has 3 aromatic carbocycles. The number of para-hydroxylation sites is 3. The van der Waals surface area contributed by atoms with Crippen LogP contribution in [0, 0.1) is 0 Å². The molecule has 0 aliphatic carbocycles. The Bertz CT molecular complexity index is 1430. The molecule has 0 spiro atoms. The van der Waals surface area contributed by atoms with Crippen LogP contribution in [-0.4, -0.2) is 69.8 Å². The Labute approximate surface area is 232 Å². The highest BCUT2D eigenvalue weighted by molar-refractivity contribution is 6.05. The molecule has 2 heterocycles. The summed E-state index contributed by atoms with van der Waals surface area (Å²) >= 11 is 0. The summed E-state index contributed by atoms with van der Waals surface area (Å²) in [5, 5.41) is 3.64. The second-order valence-corrected chi connectivity index (χ2v) is 9.27. The number of nitrogens with zero attached hydrogens (tertiary/aromatic N) is 2. The molecule has 0 atom stereocenters. The van der Waals surface area contributed by atoms with Gasteiger partial charge in [-0.2, -0.15) is 0 Å². The van der Waals surface area contributed by atoms with Gasteiger partial charge in [0.15, 0.2) is 11.3 Å². The first-order chi connectivity index (χ1) is 19.6. The number of amides is 2. The number of nitrogen functional groups attached to an aromatic ring is 1. The zero-order valence-corrected chi connectivity index (χ0v) is 22.1. The predicted octanol–water partition coefficient (Wildman–Crippen LogP) is 4.02. The van der Waals surface area contributed by atoms with Crippen molar-refractivity contribution in [2.45, 2.75) is 0 Å². The molecule has 1 aromatic heterocycles. The summed E-state index contributed by atoms with van der Waals surface area (Å²) in [7, 11) is 0. The van der Waals surface area contributed by atoms with Crippen molar-refractivity contribution in [3.05, 3.63) is 78.4 Å². The van der Waals surface area contributed by atoms with E-state index in [2.05, 4.69) is 10.2 Å². The Morgan fingerprint density at radius 1 is 1.00 bits per heavy atom. The van der Waals surface area contributed by atoms with Crippen molar-refractivity contribution >= 4 is 40.5 Å². The van der Waals surface area contributed by atoms with Crippen LogP contribution in [-0.2, 0) is 9.53 Å². The Hall–Kier alpha value is -4.54. The highest BCUT2D eigenvalue weighted by Gasteiger charge is 2.16. The van der Waals surface area contributed by atoms with Crippen LogP contribution in [0.1, 0.15) is 10.4 Å². The van der Waals surface area contributed by atoms with Crippen LogP contribution >= 0.6 is 0 Å². The standard InChI is InChI=1S/C30H32N4O6/c31-25-5-1-2-6-26(25)32-30(36)22-8-10-24(11-9-22)38-19-15-34(21-35)28-20-23-4-3-7-27(29(23)40-28)39-18-14-33-12-16-37-17-13-33/h1-11,20-21H,12-19,31H2,(H,32,36). The fourth-order valence-electron chi connectivity index (χ4n) is 4.37. The van der Waals surface area contributed by atoms with Crippen molar-refractivity contribution < 1.29 is 28.2 Å². The Morgan fingerprint density at radius 3 is 2.58 bits per heavy atom. The first-order valence-electron chi connectivity index (χ1n) is 13.2. The maximum absolute atomic E-state index is 12.5. The molecule has 2 amide bonds. The molecule has 5 rings (SSSR count). The van der Waals surface area contributed by atoms with Crippen molar-refractivity contribution in [3.63, 3.8) is 0 Å². The van der Waals surface area contributed by atoms with E-state index in [9.17, 15) is 9.59 Å². The lowest BCUT2D eigenvalue weighted by atomic mass is 10.2. The van der Waals surface area contributed by atoms with Crippen LogP contribution in [0.25, 0.3) is 11.0 Å². The topological polar surface area (TPSA) is 120 Å². The van der Waals surface area contributed by atoms with E-state index in [4.69, 9.17) is 24.4 Å². The first kappa shape index (κ1) is 27.0. The second-order valence-electron chi connectivity index (χ2n) is 9.27. The number of benzene rings is 3. The molecule has 40 heavy (non-hydrogen) atoms. The van der Waals surface area contributed by atoms with Gasteiger partial charge in [0.25, 0.3) is 5.91 Å². The van der Waals surface area contributed by atoms with Crippen molar-refractivity contribution in [1.29, 1.82) is 0 Å². The summed E-state index contributed by atoms with van der Waals surface area (Å²) in [5.74, 6) is 1.34. The van der Waals surface area contributed by atoms with Gasteiger partial charge in [-0.25, -0.2) is 0 Å². The third-order valence-corrected chi connectivity index (χ3v) is 6.60. The highest BCUT2D eigenvalue weighted by atomic mass is 16.5. The van der Waals surface area contributed by atoms with Crippen LogP contribution < -0.4 is 25.4 Å². The molecular weight excluding hydrogens is 512 g/mol. The third kappa shape index (κ3) is 6.71. The normalized spacial score (nSPS) is 13.6.